The lowest BCUT2D eigenvalue weighted by Gasteiger charge is -2.13. The van der Waals surface area contributed by atoms with Crippen molar-refractivity contribution in [3.05, 3.63) is 65.1 Å². The first-order chi connectivity index (χ1) is 13.6. The summed E-state index contributed by atoms with van der Waals surface area (Å²) in [6.07, 6.45) is 6.12. The highest BCUT2D eigenvalue weighted by Gasteiger charge is 2.16. The second-order valence-corrected chi connectivity index (χ2v) is 6.46. The van der Waals surface area contributed by atoms with Gasteiger partial charge in [0.15, 0.2) is 17.3 Å². The molecule has 2 heterocycles. The van der Waals surface area contributed by atoms with Gasteiger partial charge in [0, 0.05) is 30.2 Å². The van der Waals surface area contributed by atoms with Crippen LogP contribution in [0.15, 0.2) is 48.9 Å². The summed E-state index contributed by atoms with van der Waals surface area (Å²) in [6.45, 7) is 3.07. The van der Waals surface area contributed by atoms with Crippen LogP contribution in [0.5, 0.6) is 11.5 Å². The van der Waals surface area contributed by atoms with Gasteiger partial charge in [-0.1, -0.05) is 24.6 Å². The molecule has 0 aliphatic rings. The summed E-state index contributed by atoms with van der Waals surface area (Å²) in [6, 6.07) is 8.71. The zero-order valence-electron chi connectivity index (χ0n) is 15.7. The Morgan fingerprint density at radius 2 is 2.18 bits per heavy atom. The number of pyridine rings is 1. The molecule has 0 unspecified atom stereocenters. The number of ether oxygens (including phenoxy) is 2. The maximum atomic E-state index is 12.6. The molecule has 0 aliphatic carbocycles. The highest BCUT2D eigenvalue weighted by Crippen LogP contribution is 2.36. The van der Waals surface area contributed by atoms with Gasteiger partial charge in [-0.05, 0) is 30.2 Å². The highest BCUT2D eigenvalue weighted by atomic mass is 35.5. The van der Waals surface area contributed by atoms with Gasteiger partial charge in [-0.2, -0.15) is 5.10 Å². The van der Waals surface area contributed by atoms with E-state index in [0.29, 0.717) is 41.1 Å². The lowest BCUT2D eigenvalue weighted by molar-refractivity contribution is 0.102. The molecule has 0 radical (unpaired) electrons. The molecule has 3 aromatic rings. The van der Waals surface area contributed by atoms with Crippen molar-refractivity contribution in [1.82, 2.24) is 14.8 Å². The van der Waals surface area contributed by atoms with Crippen LogP contribution in [-0.4, -0.2) is 34.4 Å². The number of carbonyl (C=O) groups excluding carboxylic acids is 1. The van der Waals surface area contributed by atoms with E-state index in [-0.39, 0.29) is 5.91 Å². The largest absolute Gasteiger partial charge is 0.493 e. The third-order valence-electron chi connectivity index (χ3n) is 3.89. The molecule has 0 saturated carbocycles. The standard InChI is InChI=1S/C20H21ClN4O3/c1-3-9-28-19-16(21)10-15(11-17(19)27-2)20(26)23-18-6-8-25(24-18)13-14-5-4-7-22-12-14/h4-8,10-12H,3,9,13H2,1-2H3,(H,23,24,26). The maximum absolute atomic E-state index is 12.6. The molecule has 1 amide bonds. The van der Waals surface area contributed by atoms with Crippen LogP contribution in [0.2, 0.25) is 5.02 Å². The fourth-order valence-electron chi connectivity index (χ4n) is 2.58. The van der Waals surface area contributed by atoms with E-state index >= 15 is 0 Å². The summed E-state index contributed by atoms with van der Waals surface area (Å²) >= 11 is 6.28. The Balaban J connectivity index is 1.72. The minimum atomic E-state index is -0.339. The Morgan fingerprint density at radius 3 is 2.89 bits per heavy atom. The van der Waals surface area contributed by atoms with Crippen LogP contribution in [0.25, 0.3) is 0 Å². The number of rotatable bonds is 8. The number of nitrogens with one attached hydrogen (secondary N) is 1. The van der Waals surface area contributed by atoms with Crippen LogP contribution in [0, 0.1) is 0 Å². The Kier molecular flexibility index (Phi) is 6.49. The van der Waals surface area contributed by atoms with Crippen LogP contribution < -0.4 is 14.8 Å². The average Bonchev–Trinajstić information content (AvgIpc) is 3.13. The van der Waals surface area contributed by atoms with Crippen LogP contribution in [0.4, 0.5) is 5.82 Å². The Labute approximate surface area is 168 Å². The molecule has 8 heteroatoms. The van der Waals surface area contributed by atoms with Gasteiger partial charge in [0.05, 0.1) is 25.3 Å². The van der Waals surface area contributed by atoms with Crippen molar-refractivity contribution in [1.29, 1.82) is 0 Å². The quantitative estimate of drug-likeness (QED) is 0.617. The lowest BCUT2D eigenvalue weighted by atomic mass is 10.2. The number of benzene rings is 1. The third-order valence-corrected chi connectivity index (χ3v) is 4.17. The molecule has 7 nitrogen and oxygen atoms in total. The molecule has 146 valence electrons. The van der Waals surface area contributed by atoms with E-state index in [4.69, 9.17) is 21.1 Å². The van der Waals surface area contributed by atoms with Crippen molar-refractivity contribution in [3.63, 3.8) is 0 Å². The third kappa shape index (κ3) is 4.80. The fraction of sp³-hybridized carbons (Fsp3) is 0.250. The summed E-state index contributed by atoms with van der Waals surface area (Å²) < 4.78 is 12.7. The van der Waals surface area contributed by atoms with Gasteiger partial charge in [0.2, 0.25) is 0 Å². The van der Waals surface area contributed by atoms with Crippen molar-refractivity contribution < 1.29 is 14.3 Å². The number of halogens is 1. The number of hydrogen-bond donors (Lipinski definition) is 1. The molecule has 0 atom stereocenters. The minimum Gasteiger partial charge on any atom is -0.493 e. The van der Waals surface area contributed by atoms with E-state index in [1.165, 1.54) is 7.11 Å². The first-order valence-corrected chi connectivity index (χ1v) is 9.22. The molecular weight excluding hydrogens is 380 g/mol. The number of aromatic nitrogens is 3. The number of carbonyl (C=O) groups is 1. The summed E-state index contributed by atoms with van der Waals surface area (Å²) in [5, 5.41) is 7.45. The zero-order chi connectivity index (χ0) is 19.9. The van der Waals surface area contributed by atoms with E-state index in [1.54, 1.807) is 41.5 Å². The summed E-state index contributed by atoms with van der Waals surface area (Å²) in [5.41, 5.74) is 1.37. The van der Waals surface area contributed by atoms with Gasteiger partial charge in [-0.15, -0.1) is 0 Å². The first-order valence-electron chi connectivity index (χ1n) is 8.84. The molecule has 0 bridgehead atoms. The van der Waals surface area contributed by atoms with Crippen molar-refractivity contribution in [2.45, 2.75) is 19.9 Å². The molecule has 0 saturated heterocycles. The van der Waals surface area contributed by atoms with Crippen LogP contribution in [-0.2, 0) is 6.54 Å². The number of hydrogen-bond acceptors (Lipinski definition) is 5. The smallest absolute Gasteiger partial charge is 0.257 e. The molecule has 2 aromatic heterocycles. The van der Waals surface area contributed by atoms with E-state index in [0.717, 1.165) is 12.0 Å². The molecule has 1 N–H and O–H groups in total. The number of anilines is 1. The van der Waals surface area contributed by atoms with Crippen molar-refractivity contribution in [2.75, 3.05) is 19.0 Å². The van der Waals surface area contributed by atoms with Gasteiger partial charge < -0.3 is 14.8 Å². The van der Waals surface area contributed by atoms with E-state index in [1.807, 2.05) is 19.1 Å². The van der Waals surface area contributed by atoms with Gasteiger partial charge in [-0.3, -0.25) is 14.5 Å². The summed E-state index contributed by atoms with van der Waals surface area (Å²) in [7, 11) is 1.51. The second kappa shape index (κ2) is 9.23. The van der Waals surface area contributed by atoms with E-state index in [2.05, 4.69) is 15.4 Å². The van der Waals surface area contributed by atoms with Crippen LogP contribution in [0.3, 0.4) is 0 Å². The van der Waals surface area contributed by atoms with Gasteiger partial charge in [0.25, 0.3) is 5.91 Å². The Bertz CT molecular complexity index is 944. The fourth-order valence-corrected chi connectivity index (χ4v) is 2.84. The van der Waals surface area contributed by atoms with Crippen LogP contribution >= 0.6 is 11.6 Å². The average molecular weight is 401 g/mol. The number of nitrogens with zero attached hydrogens (tertiary/aromatic N) is 3. The molecule has 1 aromatic carbocycles. The Hall–Kier alpha value is -3.06. The summed E-state index contributed by atoms with van der Waals surface area (Å²) in [5.74, 6) is 0.945. The van der Waals surface area contributed by atoms with Crippen molar-refractivity contribution in [3.8, 4) is 11.5 Å². The number of methoxy groups -OCH3 is 1. The van der Waals surface area contributed by atoms with Gasteiger partial charge in [-0.25, -0.2) is 0 Å². The zero-order valence-corrected chi connectivity index (χ0v) is 16.4. The lowest BCUT2D eigenvalue weighted by Crippen LogP contribution is -2.13. The topological polar surface area (TPSA) is 78.3 Å². The van der Waals surface area contributed by atoms with E-state index in [9.17, 15) is 4.79 Å². The van der Waals surface area contributed by atoms with Crippen molar-refractivity contribution in [2.24, 2.45) is 0 Å². The molecule has 3 rings (SSSR count). The normalized spacial score (nSPS) is 10.5. The Morgan fingerprint density at radius 1 is 1.32 bits per heavy atom. The number of amides is 1. The first kappa shape index (κ1) is 19.7. The molecule has 0 fully saturated rings. The van der Waals surface area contributed by atoms with Gasteiger partial charge in [0.1, 0.15) is 0 Å². The highest BCUT2D eigenvalue weighted by molar-refractivity contribution is 6.32. The predicted molar refractivity (Wildman–Crippen MR) is 107 cm³/mol. The molecule has 0 aliphatic heterocycles. The van der Waals surface area contributed by atoms with E-state index < -0.39 is 0 Å². The predicted octanol–water partition coefficient (Wildman–Crippen LogP) is 4.03. The monoisotopic (exact) mass is 400 g/mol. The minimum absolute atomic E-state index is 0.319. The molecule has 0 spiro atoms. The van der Waals surface area contributed by atoms with Crippen LogP contribution in [0.1, 0.15) is 29.3 Å². The summed E-state index contributed by atoms with van der Waals surface area (Å²) in [4.78, 5) is 16.7. The molecule has 28 heavy (non-hydrogen) atoms. The SMILES string of the molecule is CCCOc1c(Cl)cc(C(=O)Nc2ccn(Cc3cccnc3)n2)cc1OC. The van der Waals surface area contributed by atoms with Crippen molar-refractivity contribution >= 4 is 23.3 Å². The maximum Gasteiger partial charge on any atom is 0.257 e. The second-order valence-electron chi connectivity index (χ2n) is 6.05. The molecular formula is C20H21ClN4O3. The van der Waals surface area contributed by atoms with Gasteiger partial charge >= 0.3 is 0 Å².